The Kier molecular flexibility index (Phi) is 7.70. The SMILES string of the molecule is C[C@H]1c2cccc(O)c2C(=O)C2C(=O)[C@]3(O)C(=O)C(C(=O)NC(C)(C)CCCBr)C(=O)[C@@H](N(C)C)[C@@H]3[C@@H](O)[C@@H]21. The van der Waals surface area contributed by atoms with Gasteiger partial charge in [0.05, 0.1) is 29.5 Å². The van der Waals surface area contributed by atoms with Crippen molar-refractivity contribution < 1.29 is 39.3 Å². The van der Waals surface area contributed by atoms with Crippen molar-refractivity contribution in [2.24, 2.45) is 23.7 Å². The van der Waals surface area contributed by atoms with E-state index >= 15 is 0 Å². The van der Waals surface area contributed by atoms with Crippen LogP contribution in [0.1, 0.15) is 55.5 Å². The van der Waals surface area contributed by atoms with Gasteiger partial charge in [-0.25, -0.2) is 0 Å². The molecule has 2 saturated carbocycles. The number of hydrogen-bond donors (Lipinski definition) is 4. The van der Waals surface area contributed by atoms with Gasteiger partial charge in [0, 0.05) is 16.8 Å². The molecule has 2 unspecified atom stereocenters. The summed E-state index contributed by atoms with van der Waals surface area (Å²) in [5.74, 6) is -12.4. The molecule has 0 spiro atoms. The molecule has 0 bridgehead atoms. The van der Waals surface area contributed by atoms with E-state index in [-0.39, 0.29) is 11.3 Å². The van der Waals surface area contributed by atoms with Crippen molar-refractivity contribution in [3.63, 3.8) is 0 Å². The van der Waals surface area contributed by atoms with E-state index in [1.54, 1.807) is 32.9 Å². The van der Waals surface area contributed by atoms with Crippen molar-refractivity contribution in [2.75, 3.05) is 19.4 Å². The van der Waals surface area contributed by atoms with E-state index < -0.39 is 81.9 Å². The third-order valence-electron chi connectivity index (χ3n) is 8.73. The number of aliphatic hydroxyl groups excluding tert-OH is 1. The molecule has 1 amide bonds. The highest BCUT2D eigenvalue weighted by Gasteiger charge is 2.73. The van der Waals surface area contributed by atoms with Crippen LogP contribution < -0.4 is 5.32 Å². The van der Waals surface area contributed by atoms with E-state index in [4.69, 9.17) is 0 Å². The zero-order valence-corrected chi connectivity index (χ0v) is 24.2. The maximum absolute atomic E-state index is 14.1. The quantitative estimate of drug-likeness (QED) is 0.273. The second kappa shape index (κ2) is 10.2. The fraction of sp³-hybridized carbons (Fsp3) is 0.607. The summed E-state index contributed by atoms with van der Waals surface area (Å²) < 4.78 is 0. The topological polar surface area (TPSA) is 161 Å². The number of phenolic OH excluding ortho intramolecular Hbond substituents is 1. The number of nitrogens with zero attached hydrogens (tertiary/aromatic N) is 1. The van der Waals surface area contributed by atoms with Gasteiger partial charge in [-0.15, -0.1) is 0 Å². The highest BCUT2D eigenvalue weighted by molar-refractivity contribution is 9.09. The molecule has 1 aromatic carbocycles. The number of carbonyl (C=O) groups is 5. The van der Waals surface area contributed by atoms with Crippen LogP contribution in [-0.2, 0) is 19.2 Å². The molecule has 0 radical (unpaired) electrons. The van der Waals surface area contributed by atoms with E-state index in [0.29, 0.717) is 23.7 Å². The molecule has 4 N–H and O–H groups in total. The monoisotopic (exact) mass is 606 g/mol. The number of amides is 1. The summed E-state index contributed by atoms with van der Waals surface area (Å²) in [6.07, 6.45) is -0.388. The number of carbonyl (C=O) groups excluding carboxylic acids is 5. The van der Waals surface area contributed by atoms with Crippen molar-refractivity contribution in [3.05, 3.63) is 29.3 Å². The first-order valence-corrected chi connectivity index (χ1v) is 14.2. The molecule has 39 heavy (non-hydrogen) atoms. The second-order valence-corrected chi connectivity index (χ2v) is 12.7. The molecule has 0 aromatic heterocycles. The largest absolute Gasteiger partial charge is 0.507 e. The number of nitrogens with one attached hydrogen (secondary N) is 1. The first-order chi connectivity index (χ1) is 18.1. The molecule has 0 saturated heterocycles. The number of hydrogen-bond acceptors (Lipinski definition) is 9. The number of Topliss-reactive ketones (excluding diaryl/α,β-unsaturated/α-hetero) is 4. The number of aliphatic hydroxyl groups is 2. The lowest BCUT2D eigenvalue weighted by atomic mass is 9.49. The summed E-state index contributed by atoms with van der Waals surface area (Å²) >= 11 is 3.33. The second-order valence-electron chi connectivity index (χ2n) is 11.9. The van der Waals surface area contributed by atoms with Gasteiger partial charge in [-0.3, -0.25) is 28.9 Å². The molecule has 4 rings (SSSR count). The predicted octanol–water partition coefficient (Wildman–Crippen LogP) is 0.983. The minimum Gasteiger partial charge on any atom is -0.507 e. The number of halogens is 1. The molecule has 3 aliphatic carbocycles. The third kappa shape index (κ3) is 4.38. The normalized spacial score (nSPS) is 34.4. The maximum atomic E-state index is 14.1. The smallest absolute Gasteiger partial charge is 0.238 e. The summed E-state index contributed by atoms with van der Waals surface area (Å²) in [5, 5.41) is 37.4. The Labute approximate surface area is 235 Å². The van der Waals surface area contributed by atoms with Gasteiger partial charge in [0.15, 0.2) is 34.7 Å². The Morgan fingerprint density at radius 2 is 1.79 bits per heavy atom. The first kappa shape index (κ1) is 29.5. The van der Waals surface area contributed by atoms with Crippen LogP contribution in [0.3, 0.4) is 0 Å². The zero-order valence-electron chi connectivity index (χ0n) is 22.6. The summed E-state index contributed by atoms with van der Waals surface area (Å²) in [5.41, 5.74) is -3.44. The van der Waals surface area contributed by atoms with Crippen molar-refractivity contribution >= 4 is 45.0 Å². The lowest BCUT2D eigenvalue weighted by molar-refractivity contribution is -0.197. The first-order valence-electron chi connectivity index (χ1n) is 13.0. The number of likely N-dealkylation sites (N-methyl/N-ethyl adjacent to an activating group) is 1. The molecule has 10 nitrogen and oxygen atoms in total. The summed E-state index contributed by atoms with van der Waals surface area (Å²) in [7, 11) is 3.00. The number of phenols is 1. The molecule has 1 aromatic rings. The molecule has 2 fully saturated rings. The van der Waals surface area contributed by atoms with Crippen LogP contribution in [-0.4, -0.2) is 92.0 Å². The van der Waals surface area contributed by atoms with Gasteiger partial charge in [-0.05, 0) is 58.3 Å². The Hall–Kier alpha value is -2.47. The van der Waals surface area contributed by atoms with Crippen LogP contribution in [0.15, 0.2) is 18.2 Å². The fourth-order valence-electron chi connectivity index (χ4n) is 6.91. The summed E-state index contributed by atoms with van der Waals surface area (Å²) in [4.78, 5) is 70.1. The van der Waals surface area contributed by atoms with Gasteiger partial charge in [0.1, 0.15) is 5.75 Å². The van der Waals surface area contributed by atoms with Gasteiger partial charge in [-0.1, -0.05) is 35.0 Å². The highest BCUT2D eigenvalue weighted by atomic mass is 79.9. The van der Waals surface area contributed by atoms with E-state index in [0.717, 1.165) is 0 Å². The van der Waals surface area contributed by atoms with E-state index in [1.807, 2.05) is 0 Å². The third-order valence-corrected chi connectivity index (χ3v) is 9.29. The van der Waals surface area contributed by atoms with E-state index in [9.17, 15) is 39.3 Å². The van der Waals surface area contributed by atoms with Crippen LogP contribution in [0.2, 0.25) is 0 Å². The van der Waals surface area contributed by atoms with Gasteiger partial charge in [0.2, 0.25) is 5.91 Å². The molecular weight excluding hydrogens is 572 g/mol. The van der Waals surface area contributed by atoms with Crippen LogP contribution in [0.4, 0.5) is 0 Å². The van der Waals surface area contributed by atoms with Gasteiger partial charge < -0.3 is 20.6 Å². The molecular formula is C28H35BrN2O8. The van der Waals surface area contributed by atoms with E-state index in [2.05, 4.69) is 21.2 Å². The van der Waals surface area contributed by atoms with Crippen molar-refractivity contribution in [1.82, 2.24) is 10.2 Å². The van der Waals surface area contributed by atoms with Gasteiger partial charge in [-0.2, -0.15) is 0 Å². The van der Waals surface area contributed by atoms with Crippen LogP contribution in [0.5, 0.6) is 5.75 Å². The van der Waals surface area contributed by atoms with Crippen molar-refractivity contribution in [1.29, 1.82) is 0 Å². The van der Waals surface area contributed by atoms with Crippen molar-refractivity contribution in [2.45, 2.75) is 62.8 Å². The lowest BCUT2D eigenvalue weighted by Gasteiger charge is -2.56. The summed E-state index contributed by atoms with van der Waals surface area (Å²) in [6, 6.07) is 3.10. The highest BCUT2D eigenvalue weighted by Crippen LogP contribution is 2.54. The number of benzene rings is 1. The van der Waals surface area contributed by atoms with Gasteiger partial charge in [0.25, 0.3) is 0 Å². The van der Waals surface area contributed by atoms with Gasteiger partial charge >= 0.3 is 0 Å². The number of fused-ring (bicyclic) bond motifs is 3. The molecule has 0 heterocycles. The maximum Gasteiger partial charge on any atom is 0.238 e. The standard InChI is InChI=1S/C28H35BrN2O8/c1-12-13-8-6-9-14(32)16(13)21(33)17-15(12)22(34)19-20(31(4)5)23(35)18(25(37)28(19,39)24(17)36)26(38)30-27(2,3)10-7-11-29/h6,8-9,12,15,17-20,22,32,34,39H,7,10-11H2,1-5H3,(H,30,38)/t12-,15+,17?,18?,19+,20-,22-,28-/m0/s1. The lowest BCUT2D eigenvalue weighted by Crippen LogP contribution is -2.78. The predicted molar refractivity (Wildman–Crippen MR) is 144 cm³/mol. The Morgan fingerprint density at radius 1 is 1.15 bits per heavy atom. The minimum absolute atomic E-state index is 0.0971. The minimum atomic E-state index is -2.97. The van der Waals surface area contributed by atoms with E-state index in [1.165, 1.54) is 25.1 Å². The van der Waals surface area contributed by atoms with Crippen LogP contribution >= 0.6 is 15.9 Å². The molecule has 3 aliphatic rings. The molecule has 0 aliphatic heterocycles. The van der Waals surface area contributed by atoms with Crippen LogP contribution in [0, 0.1) is 23.7 Å². The number of alkyl halides is 1. The Morgan fingerprint density at radius 3 is 2.38 bits per heavy atom. The number of ketones is 4. The fourth-order valence-corrected chi connectivity index (χ4v) is 7.19. The molecule has 11 heteroatoms. The number of rotatable bonds is 6. The molecule has 8 atom stereocenters. The average molecular weight is 607 g/mol. The number of aromatic hydroxyl groups is 1. The summed E-state index contributed by atoms with van der Waals surface area (Å²) in [6.45, 7) is 5.16. The molecule has 212 valence electrons. The Balaban J connectivity index is 1.83. The zero-order chi connectivity index (χ0) is 29.2. The van der Waals surface area contributed by atoms with Crippen molar-refractivity contribution in [3.8, 4) is 5.75 Å². The van der Waals surface area contributed by atoms with Crippen LogP contribution in [0.25, 0.3) is 0 Å². The Bertz CT molecular complexity index is 1250. The average Bonchev–Trinajstić information content (AvgIpc) is 2.84.